The van der Waals surface area contributed by atoms with E-state index in [1.165, 1.54) is 10.6 Å². The monoisotopic (exact) mass is 487 g/mol. The van der Waals surface area contributed by atoms with Crippen LogP contribution >= 0.6 is 0 Å². The first-order valence-electron chi connectivity index (χ1n) is 8.50. The Bertz CT molecular complexity index is 1010. The largest absolute Gasteiger partial charge is 0.573 e. The van der Waals surface area contributed by atoms with Crippen LogP contribution in [0.4, 0.5) is 51.3 Å². The van der Waals surface area contributed by atoms with Crippen LogP contribution in [0.25, 0.3) is 0 Å². The van der Waals surface area contributed by atoms with Gasteiger partial charge in [0.2, 0.25) is 0 Å². The highest BCUT2D eigenvalue weighted by atomic mass is 19.4. The predicted molar refractivity (Wildman–Crippen MR) is 96.1 cm³/mol. The molecule has 0 unspecified atom stereocenters. The van der Waals surface area contributed by atoms with E-state index in [9.17, 15) is 44.7 Å². The quantitative estimate of drug-likeness (QED) is 0.317. The summed E-state index contributed by atoms with van der Waals surface area (Å²) in [5.41, 5.74) is -5.34. The van der Waals surface area contributed by atoms with E-state index in [2.05, 4.69) is 9.47 Å². The van der Waals surface area contributed by atoms with Crippen molar-refractivity contribution in [1.29, 1.82) is 0 Å². The van der Waals surface area contributed by atoms with Crippen molar-refractivity contribution in [3.05, 3.63) is 54.1 Å². The van der Waals surface area contributed by atoms with Crippen molar-refractivity contribution in [1.82, 2.24) is 5.32 Å². The van der Waals surface area contributed by atoms with Crippen LogP contribution in [0, 0.1) is 11.6 Å². The van der Waals surface area contributed by atoms with Gasteiger partial charge in [-0.2, -0.15) is 13.2 Å². The standard InChI is InChI=1S/C18H13F8N3O4/c1-32-14(30)16(17(21,22)23,28-13-7-2-9(19)8-12(13)20)29-15(31)27-10-3-5-11(6-4-10)33-18(24,25)26/h2-8,28H,1H3,(H2,27,29,31)/t16-/m0/s1. The van der Waals surface area contributed by atoms with Gasteiger partial charge in [-0.3, -0.25) is 5.32 Å². The maximum absolute atomic E-state index is 13.9. The average molecular weight is 487 g/mol. The SMILES string of the molecule is COC(=O)[C@@](NC(=O)Nc1ccc(OC(F)(F)F)cc1)(Nc1ccc(F)cc1F)C(F)(F)F. The number of halogens is 8. The Morgan fingerprint density at radius 2 is 1.52 bits per heavy atom. The fraction of sp³-hybridized carbons (Fsp3) is 0.222. The van der Waals surface area contributed by atoms with E-state index in [-0.39, 0.29) is 11.8 Å². The second kappa shape index (κ2) is 9.38. The molecule has 2 aromatic rings. The van der Waals surface area contributed by atoms with E-state index in [1.807, 2.05) is 5.32 Å². The highest BCUT2D eigenvalue weighted by Crippen LogP contribution is 2.34. The first-order valence-corrected chi connectivity index (χ1v) is 8.50. The summed E-state index contributed by atoms with van der Waals surface area (Å²) in [4.78, 5) is 24.3. The van der Waals surface area contributed by atoms with Crippen LogP contribution in [0.15, 0.2) is 42.5 Å². The number of benzene rings is 2. The van der Waals surface area contributed by atoms with Gasteiger partial charge in [0, 0.05) is 11.8 Å². The second-order valence-electron chi connectivity index (χ2n) is 6.14. The molecule has 0 bridgehead atoms. The minimum atomic E-state index is -5.62. The van der Waals surface area contributed by atoms with E-state index in [1.54, 1.807) is 0 Å². The first kappa shape index (κ1) is 25.5. The molecule has 0 spiro atoms. The van der Waals surface area contributed by atoms with E-state index < -0.39 is 53.3 Å². The van der Waals surface area contributed by atoms with Gasteiger partial charge >= 0.3 is 30.2 Å². The van der Waals surface area contributed by atoms with Crippen molar-refractivity contribution < 1.29 is 54.2 Å². The summed E-state index contributed by atoms with van der Waals surface area (Å²) in [6, 6.07) is 2.92. The summed E-state index contributed by atoms with van der Waals surface area (Å²) in [6.07, 6.45) is -10.6. The second-order valence-corrected chi connectivity index (χ2v) is 6.14. The van der Waals surface area contributed by atoms with Gasteiger partial charge < -0.3 is 20.1 Å². The third-order valence-corrected chi connectivity index (χ3v) is 3.82. The van der Waals surface area contributed by atoms with Gasteiger partial charge in [-0.15, -0.1) is 13.2 Å². The Morgan fingerprint density at radius 1 is 0.909 bits per heavy atom. The molecular formula is C18H13F8N3O4. The molecule has 180 valence electrons. The molecule has 2 rings (SSSR count). The highest BCUT2D eigenvalue weighted by molar-refractivity contribution is 5.96. The average Bonchev–Trinajstić information content (AvgIpc) is 2.68. The third-order valence-electron chi connectivity index (χ3n) is 3.82. The lowest BCUT2D eigenvalue weighted by molar-refractivity contribution is -0.274. The highest BCUT2D eigenvalue weighted by Gasteiger charge is 2.63. The zero-order valence-electron chi connectivity index (χ0n) is 16.2. The van der Waals surface area contributed by atoms with Gasteiger partial charge in [-0.05, 0) is 36.4 Å². The molecule has 0 aliphatic heterocycles. The molecule has 0 saturated heterocycles. The van der Waals surface area contributed by atoms with Crippen molar-refractivity contribution in [2.24, 2.45) is 0 Å². The van der Waals surface area contributed by atoms with Crippen LogP contribution in [0.1, 0.15) is 0 Å². The number of rotatable bonds is 6. The Labute approximate surface area is 179 Å². The molecule has 1 atom stereocenters. The minimum Gasteiger partial charge on any atom is -0.466 e. The molecule has 33 heavy (non-hydrogen) atoms. The lowest BCUT2D eigenvalue weighted by Gasteiger charge is -2.35. The van der Waals surface area contributed by atoms with E-state index in [4.69, 9.17) is 0 Å². The number of carbonyl (C=O) groups excluding carboxylic acids is 2. The molecule has 7 nitrogen and oxygen atoms in total. The molecule has 15 heteroatoms. The van der Waals surface area contributed by atoms with Crippen molar-refractivity contribution in [3.63, 3.8) is 0 Å². The van der Waals surface area contributed by atoms with Crippen molar-refractivity contribution in [3.8, 4) is 5.75 Å². The van der Waals surface area contributed by atoms with Crippen LogP contribution < -0.4 is 20.7 Å². The smallest absolute Gasteiger partial charge is 0.466 e. The fourth-order valence-electron chi connectivity index (χ4n) is 2.41. The van der Waals surface area contributed by atoms with Gasteiger partial charge in [0.15, 0.2) is 0 Å². The Morgan fingerprint density at radius 3 is 2.00 bits per heavy atom. The molecule has 0 saturated carbocycles. The van der Waals surface area contributed by atoms with E-state index >= 15 is 0 Å². The third kappa shape index (κ3) is 6.36. The van der Waals surface area contributed by atoms with E-state index in [0.29, 0.717) is 19.2 Å². The van der Waals surface area contributed by atoms with Crippen molar-refractivity contribution >= 4 is 23.4 Å². The number of anilines is 2. The Balaban J connectivity index is 2.32. The number of esters is 1. The summed E-state index contributed by atoms with van der Waals surface area (Å²) < 4.78 is 113. The lowest BCUT2D eigenvalue weighted by Crippen LogP contribution is -2.69. The summed E-state index contributed by atoms with van der Waals surface area (Å²) in [5.74, 6) is -5.43. The number of amides is 2. The summed E-state index contributed by atoms with van der Waals surface area (Å²) in [7, 11) is 0.560. The van der Waals surface area contributed by atoms with Gasteiger partial charge in [0.25, 0.3) is 0 Å². The van der Waals surface area contributed by atoms with Gasteiger partial charge in [0.05, 0.1) is 12.8 Å². The minimum absolute atomic E-state index is 0.228. The number of hydrogen-bond acceptors (Lipinski definition) is 5. The van der Waals surface area contributed by atoms with Crippen LogP contribution in [-0.2, 0) is 9.53 Å². The number of ether oxygens (including phenoxy) is 2. The fourth-order valence-corrected chi connectivity index (χ4v) is 2.41. The number of hydrogen-bond donors (Lipinski definition) is 3. The molecule has 0 aromatic heterocycles. The molecule has 0 aliphatic carbocycles. The van der Waals surface area contributed by atoms with Crippen LogP contribution in [0.5, 0.6) is 5.75 Å². The normalized spacial score (nSPS) is 13.5. The van der Waals surface area contributed by atoms with Crippen LogP contribution in [0.3, 0.4) is 0 Å². The maximum atomic E-state index is 13.9. The first-order chi connectivity index (χ1) is 15.2. The Kier molecular flexibility index (Phi) is 7.24. The number of carbonyl (C=O) groups is 2. The summed E-state index contributed by atoms with van der Waals surface area (Å²) >= 11 is 0. The van der Waals surface area contributed by atoms with Gasteiger partial charge in [0.1, 0.15) is 17.4 Å². The summed E-state index contributed by atoms with van der Waals surface area (Å²) in [5, 5.41) is 4.61. The van der Waals surface area contributed by atoms with Crippen LogP contribution in [0.2, 0.25) is 0 Å². The molecule has 0 aliphatic rings. The van der Waals surface area contributed by atoms with Crippen LogP contribution in [-0.4, -0.2) is 37.3 Å². The zero-order valence-corrected chi connectivity index (χ0v) is 16.2. The molecule has 0 fully saturated rings. The molecule has 0 heterocycles. The lowest BCUT2D eigenvalue weighted by atomic mass is 10.1. The number of urea groups is 1. The molecule has 0 radical (unpaired) electrons. The van der Waals surface area contributed by atoms with Gasteiger partial charge in [-0.1, -0.05) is 0 Å². The zero-order chi connectivity index (χ0) is 25.0. The molecular weight excluding hydrogens is 474 g/mol. The number of methoxy groups -OCH3 is 1. The molecule has 2 amide bonds. The van der Waals surface area contributed by atoms with E-state index in [0.717, 1.165) is 24.3 Å². The number of alkyl halides is 6. The molecule has 3 N–H and O–H groups in total. The predicted octanol–water partition coefficient (Wildman–Crippen LogP) is 4.53. The number of nitrogens with one attached hydrogen (secondary N) is 3. The van der Waals surface area contributed by atoms with Crippen molar-refractivity contribution in [2.45, 2.75) is 18.2 Å². The molecule has 2 aromatic carbocycles. The Hall–Kier alpha value is -3.78. The summed E-state index contributed by atoms with van der Waals surface area (Å²) in [6.45, 7) is 0. The van der Waals surface area contributed by atoms with Crippen molar-refractivity contribution in [2.75, 3.05) is 17.7 Å². The van der Waals surface area contributed by atoms with Gasteiger partial charge in [-0.25, -0.2) is 18.4 Å². The topological polar surface area (TPSA) is 88.7 Å². The maximum Gasteiger partial charge on any atom is 0.573 e.